The van der Waals surface area contributed by atoms with Gasteiger partial charge in [0.2, 0.25) is 0 Å². The van der Waals surface area contributed by atoms with Crippen LogP contribution in [-0.2, 0) is 0 Å². The first-order valence-electron chi connectivity index (χ1n) is 7.64. The molecule has 2 atom stereocenters. The molecule has 0 radical (unpaired) electrons. The molecule has 1 aromatic heterocycles. The van der Waals surface area contributed by atoms with Gasteiger partial charge in [-0.3, -0.25) is 4.79 Å². The van der Waals surface area contributed by atoms with Crippen molar-refractivity contribution in [3.63, 3.8) is 0 Å². The second kappa shape index (κ2) is 8.81. The molecule has 132 valence electrons. The molecule has 0 aliphatic carbocycles. The molecule has 1 amide bonds. The Morgan fingerprint density at radius 2 is 2.00 bits per heavy atom. The molecule has 3 rings (SSSR count). The van der Waals surface area contributed by atoms with E-state index in [0.29, 0.717) is 12.5 Å². The van der Waals surface area contributed by atoms with Gasteiger partial charge in [0, 0.05) is 18.2 Å². The summed E-state index contributed by atoms with van der Waals surface area (Å²) in [6.07, 6.45) is 0.987. The Labute approximate surface area is 159 Å². The average molecular weight is 388 g/mol. The van der Waals surface area contributed by atoms with Gasteiger partial charge in [-0.2, -0.15) is 0 Å². The van der Waals surface area contributed by atoms with Gasteiger partial charge < -0.3 is 10.6 Å². The van der Waals surface area contributed by atoms with E-state index >= 15 is 0 Å². The zero-order valence-corrected chi connectivity index (χ0v) is 16.2. The lowest BCUT2D eigenvalue weighted by atomic mass is 10.1. The monoisotopic (exact) mass is 387 g/mol. The number of carbonyl (C=O) groups excluding carboxylic acids is 1. The fraction of sp³-hybridized carbons (Fsp3) is 0.412. The fourth-order valence-corrected chi connectivity index (χ4v) is 3.99. The second-order valence-corrected chi connectivity index (χ2v) is 7.12. The molecule has 1 aliphatic rings. The van der Waals surface area contributed by atoms with E-state index in [1.54, 1.807) is 0 Å². The molecule has 0 saturated carbocycles. The zero-order valence-electron chi connectivity index (χ0n) is 13.8. The third-order valence-electron chi connectivity index (χ3n) is 4.23. The van der Waals surface area contributed by atoms with Crippen LogP contribution in [0.4, 0.5) is 0 Å². The van der Waals surface area contributed by atoms with Crippen molar-refractivity contribution in [3.05, 3.63) is 40.2 Å². The van der Waals surface area contributed by atoms with E-state index in [9.17, 15) is 4.79 Å². The fourth-order valence-electron chi connectivity index (χ4n) is 3.09. The van der Waals surface area contributed by atoms with Gasteiger partial charge in [0.1, 0.15) is 4.88 Å². The summed E-state index contributed by atoms with van der Waals surface area (Å²) in [6, 6.07) is 10.2. The van der Waals surface area contributed by atoms with Crippen LogP contribution >= 0.6 is 36.2 Å². The molecular weight excluding hydrogens is 365 g/mol. The first-order valence-corrected chi connectivity index (χ1v) is 8.45. The van der Waals surface area contributed by atoms with Gasteiger partial charge >= 0.3 is 0 Å². The number of likely N-dealkylation sites (tertiary alicyclic amines) is 1. The van der Waals surface area contributed by atoms with E-state index in [4.69, 9.17) is 5.73 Å². The Bertz CT molecular complexity index is 678. The summed E-state index contributed by atoms with van der Waals surface area (Å²) in [5.74, 6) is 0.501. The van der Waals surface area contributed by atoms with Crippen molar-refractivity contribution in [3.8, 4) is 11.3 Å². The van der Waals surface area contributed by atoms with Gasteiger partial charge in [-0.15, -0.1) is 36.2 Å². The quantitative estimate of drug-likeness (QED) is 0.871. The van der Waals surface area contributed by atoms with Crippen LogP contribution in [0, 0.1) is 12.8 Å². The highest BCUT2D eigenvalue weighted by atomic mass is 35.5. The highest BCUT2D eigenvalue weighted by Gasteiger charge is 2.34. The number of benzene rings is 1. The third kappa shape index (κ3) is 4.09. The maximum absolute atomic E-state index is 13.0. The third-order valence-corrected chi connectivity index (χ3v) is 5.19. The van der Waals surface area contributed by atoms with Crippen molar-refractivity contribution < 1.29 is 4.79 Å². The number of nitrogens with zero attached hydrogens (tertiary/aromatic N) is 2. The maximum Gasteiger partial charge on any atom is 0.266 e. The summed E-state index contributed by atoms with van der Waals surface area (Å²) in [6.45, 7) is 5.44. The normalized spacial score (nSPS) is 19.5. The Kier molecular flexibility index (Phi) is 7.67. The number of rotatable bonds is 3. The first-order chi connectivity index (χ1) is 10.6. The zero-order chi connectivity index (χ0) is 15.7. The lowest BCUT2D eigenvalue weighted by Gasteiger charge is -2.21. The van der Waals surface area contributed by atoms with Crippen LogP contribution in [0.25, 0.3) is 11.3 Å². The highest BCUT2D eigenvalue weighted by Crippen LogP contribution is 2.32. The molecule has 1 fully saturated rings. The lowest BCUT2D eigenvalue weighted by Crippen LogP contribution is -2.34. The molecule has 4 nitrogen and oxygen atoms in total. The minimum absolute atomic E-state index is 0. The van der Waals surface area contributed by atoms with Crippen molar-refractivity contribution in [1.29, 1.82) is 0 Å². The molecule has 0 spiro atoms. The Morgan fingerprint density at radius 1 is 1.33 bits per heavy atom. The maximum atomic E-state index is 13.0. The van der Waals surface area contributed by atoms with Gasteiger partial charge in [-0.25, -0.2) is 4.98 Å². The Hall–Kier alpha value is -1.14. The van der Waals surface area contributed by atoms with Crippen molar-refractivity contribution in [2.24, 2.45) is 11.7 Å². The summed E-state index contributed by atoms with van der Waals surface area (Å²) in [4.78, 5) is 20.3. The molecule has 7 heteroatoms. The molecular formula is C17H23Cl2N3OS. The van der Waals surface area contributed by atoms with E-state index in [0.717, 1.165) is 34.1 Å². The van der Waals surface area contributed by atoms with E-state index in [1.165, 1.54) is 11.3 Å². The number of carbonyl (C=O) groups is 1. The molecule has 1 saturated heterocycles. The van der Waals surface area contributed by atoms with Crippen LogP contribution < -0.4 is 5.73 Å². The molecule has 24 heavy (non-hydrogen) atoms. The smallest absolute Gasteiger partial charge is 0.266 e. The summed E-state index contributed by atoms with van der Waals surface area (Å²) in [7, 11) is 0. The van der Waals surface area contributed by atoms with E-state index in [-0.39, 0.29) is 36.8 Å². The van der Waals surface area contributed by atoms with Crippen LogP contribution in [0.5, 0.6) is 0 Å². The molecule has 2 aromatic rings. The predicted molar refractivity (Wildman–Crippen MR) is 104 cm³/mol. The number of halogens is 2. The highest BCUT2D eigenvalue weighted by molar-refractivity contribution is 7.14. The van der Waals surface area contributed by atoms with Crippen molar-refractivity contribution in [2.75, 3.05) is 13.1 Å². The molecule has 2 heterocycles. The van der Waals surface area contributed by atoms with E-state index in [1.807, 2.05) is 42.2 Å². The topological polar surface area (TPSA) is 59.2 Å². The standard InChI is InChI=1S/C17H21N3OS.2ClH/c1-11-8-13(9-18)10-20(11)17(21)16-15(19-12(2)22-16)14-6-4-3-5-7-14;;/h3-7,11,13H,8-10,18H2,1-2H3;2*1H. The van der Waals surface area contributed by atoms with Crippen molar-refractivity contribution in [1.82, 2.24) is 9.88 Å². The largest absolute Gasteiger partial charge is 0.335 e. The number of thiazole rings is 1. The van der Waals surface area contributed by atoms with Gasteiger partial charge in [-0.05, 0) is 32.7 Å². The van der Waals surface area contributed by atoms with E-state index < -0.39 is 0 Å². The number of nitrogens with two attached hydrogens (primary N) is 1. The Morgan fingerprint density at radius 3 is 2.58 bits per heavy atom. The Balaban J connectivity index is 0.00000144. The van der Waals surface area contributed by atoms with Crippen molar-refractivity contribution >= 4 is 42.1 Å². The summed E-state index contributed by atoms with van der Waals surface area (Å²) < 4.78 is 0. The number of aromatic nitrogens is 1. The number of aryl methyl sites for hydroxylation is 1. The van der Waals surface area contributed by atoms with Crippen LogP contribution in [0.15, 0.2) is 30.3 Å². The minimum atomic E-state index is 0. The number of amides is 1. The predicted octanol–water partition coefficient (Wildman–Crippen LogP) is 3.77. The van der Waals surface area contributed by atoms with E-state index in [2.05, 4.69) is 11.9 Å². The SMILES string of the molecule is Cc1nc(-c2ccccc2)c(C(=O)N2CC(CN)CC2C)s1.Cl.Cl. The summed E-state index contributed by atoms with van der Waals surface area (Å²) in [5, 5.41) is 0.921. The minimum Gasteiger partial charge on any atom is -0.335 e. The summed E-state index contributed by atoms with van der Waals surface area (Å²) >= 11 is 1.48. The molecule has 1 aromatic carbocycles. The van der Waals surface area contributed by atoms with Crippen molar-refractivity contribution in [2.45, 2.75) is 26.3 Å². The number of hydrogen-bond donors (Lipinski definition) is 1. The van der Waals surface area contributed by atoms with Gasteiger partial charge in [0.25, 0.3) is 5.91 Å². The second-order valence-electron chi connectivity index (χ2n) is 5.92. The van der Waals surface area contributed by atoms with Crippen LogP contribution in [0.3, 0.4) is 0 Å². The molecule has 1 aliphatic heterocycles. The average Bonchev–Trinajstić information content (AvgIpc) is 3.10. The lowest BCUT2D eigenvalue weighted by molar-refractivity contribution is 0.0749. The molecule has 2 unspecified atom stereocenters. The molecule has 0 bridgehead atoms. The van der Waals surface area contributed by atoms with Crippen LogP contribution in [0.1, 0.15) is 28.0 Å². The van der Waals surface area contributed by atoms with Gasteiger partial charge in [-0.1, -0.05) is 30.3 Å². The first kappa shape index (κ1) is 20.9. The van der Waals surface area contributed by atoms with Gasteiger partial charge in [0.05, 0.1) is 10.7 Å². The molecule has 2 N–H and O–H groups in total. The summed E-state index contributed by atoms with van der Waals surface area (Å²) in [5.41, 5.74) is 7.57. The van der Waals surface area contributed by atoms with Crippen LogP contribution in [0.2, 0.25) is 0 Å². The van der Waals surface area contributed by atoms with Gasteiger partial charge in [0.15, 0.2) is 0 Å². The number of hydrogen-bond acceptors (Lipinski definition) is 4. The van der Waals surface area contributed by atoms with Crippen LogP contribution in [-0.4, -0.2) is 34.9 Å².